The van der Waals surface area contributed by atoms with E-state index in [2.05, 4.69) is 10.2 Å². The zero-order chi connectivity index (χ0) is 14.3. The number of anilines is 1. The topological polar surface area (TPSA) is 103 Å². The Balaban J connectivity index is 2.09. The Labute approximate surface area is 114 Å². The lowest BCUT2D eigenvalue weighted by Crippen LogP contribution is -2.28. The molecule has 0 bridgehead atoms. The van der Waals surface area contributed by atoms with Gasteiger partial charge in [0.15, 0.2) is 0 Å². The maximum absolute atomic E-state index is 12.5. The van der Waals surface area contributed by atoms with Gasteiger partial charge >= 0.3 is 5.97 Å². The number of fused-ring (bicyclic) bond motifs is 1. The fourth-order valence-corrected chi connectivity index (χ4v) is 3.64. The fourth-order valence-electron chi connectivity index (χ4n) is 2.24. The first-order valence-electron chi connectivity index (χ1n) is 5.88. The van der Waals surface area contributed by atoms with E-state index in [1.54, 1.807) is 6.07 Å². The van der Waals surface area contributed by atoms with Crippen molar-refractivity contribution in [3.63, 3.8) is 0 Å². The first kappa shape index (κ1) is 12.7. The van der Waals surface area contributed by atoms with Gasteiger partial charge in [0.05, 0.1) is 17.4 Å². The SMILES string of the molecule is O=C(O)c1ccc2c(c1)N(S(=O)(=O)c1cn[nH]c1)CC2. The van der Waals surface area contributed by atoms with Gasteiger partial charge in [-0.05, 0) is 24.1 Å². The Morgan fingerprint density at radius 2 is 2.20 bits per heavy atom. The highest BCUT2D eigenvalue weighted by Crippen LogP contribution is 2.33. The van der Waals surface area contributed by atoms with Crippen molar-refractivity contribution in [3.8, 4) is 0 Å². The van der Waals surface area contributed by atoms with Crippen molar-refractivity contribution < 1.29 is 18.3 Å². The number of aromatic nitrogens is 2. The largest absolute Gasteiger partial charge is 0.478 e. The van der Waals surface area contributed by atoms with Crippen LogP contribution in [0.5, 0.6) is 0 Å². The summed E-state index contributed by atoms with van der Waals surface area (Å²) in [4.78, 5) is 11.1. The van der Waals surface area contributed by atoms with Crippen molar-refractivity contribution in [1.82, 2.24) is 10.2 Å². The molecule has 104 valence electrons. The molecule has 0 saturated carbocycles. The number of hydrogen-bond donors (Lipinski definition) is 2. The Kier molecular flexibility index (Phi) is 2.75. The first-order valence-corrected chi connectivity index (χ1v) is 7.32. The second-order valence-electron chi connectivity index (χ2n) is 4.41. The zero-order valence-corrected chi connectivity index (χ0v) is 11.1. The van der Waals surface area contributed by atoms with Gasteiger partial charge in [-0.3, -0.25) is 9.40 Å². The van der Waals surface area contributed by atoms with Gasteiger partial charge in [-0.2, -0.15) is 5.10 Å². The molecule has 0 aliphatic carbocycles. The third-order valence-corrected chi connectivity index (χ3v) is 5.02. The zero-order valence-electron chi connectivity index (χ0n) is 10.3. The van der Waals surface area contributed by atoms with E-state index >= 15 is 0 Å². The molecule has 7 nitrogen and oxygen atoms in total. The molecule has 0 spiro atoms. The van der Waals surface area contributed by atoms with Crippen LogP contribution >= 0.6 is 0 Å². The Morgan fingerprint density at radius 3 is 2.85 bits per heavy atom. The number of nitrogens with one attached hydrogen (secondary N) is 1. The van der Waals surface area contributed by atoms with Crippen LogP contribution in [0.3, 0.4) is 0 Å². The van der Waals surface area contributed by atoms with Crippen LogP contribution in [-0.4, -0.2) is 36.2 Å². The lowest BCUT2D eigenvalue weighted by molar-refractivity contribution is 0.0697. The second-order valence-corrected chi connectivity index (χ2v) is 6.27. The summed E-state index contributed by atoms with van der Waals surface area (Å²) in [7, 11) is -3.70. The van der Waals surface area contributed by atoms with E-state index in [1.807, 2.05) is 0 Å². The van der Waals surface area contributed by atoms with E-state index in [-0.39, 0.29) is 10.5 Å². The minimum Gasteiger partial charge on any atom is -0.478 e. The Hall–Kier alpha value is -2.35. The van der Waals surface area contributed by atoms with E-state index in [9.17, 15) is 13.2 Å². The first-order chi connectivity index (χ1) is 9.50. The third kappa shape index (κ3) is 1.85. The molecule has 0 fully saturated rings. The number of carbonyl (C=O) groups is 1. The molecular weight excluding hydrogens is 282 g/mol. The summed E-state index contributed by atoms with van der Waals surface area (Å²) < 4.78 is 26.1. The highest BCUT2D eigenvalue weighted by atomic mass is 32.2. The highest BCUT2D eigenvalue weighted by molar-refractivity contribution is 7.92. The van der Waals surface area contributed by atoms with Gasteiger partial charge in [-0.15, -0.1) is 0 Å². The van der Waals surface area contributed by atoms with Gasteiger partial charge in [0.25, 0.3) is 10.0 Å². The molecule has 0 unspecified atom stereocenters. The summed E-state index contributed by atoms with van der Waals surface area (Å²) >= 11 is 0. The van der Waals surface area contributed by atoms with Crippen molar-refractivity contribution in [2.75, 3.05) is 10.8 Å². The molecule has 0 radical (unpaired) electrons. The number of carboxylic acids is 1. The van der Waals surface area contributed by atoms with E-state index in [1.165, 1.54) is 28.8 Å². The molecule has 8 heteroatoms. The number of carboxylic acid groups (broad SMARTS) is 1. The van der Waals surface area contributed by atoms with E-state index < -0.39 is 16.0 Å². The normalized spacial score (nSPS) is 14.3. The smallest absolute Gasteiger partial charge is 0.335 e. The number of nitrogens with zero attached hydrogens (tertiary/aromatic N) is 2. The van der Waals surface area contributed by atoms with Crippen LogP contribution in [0, 0.1) is 0 Å². The molecule has 1 aromatic heterocycles. The van der Waals surface area contributed by atoms with Crippen LogP contribution in [0.15, 0.2) is 35.5 Å². The predicted molar refractivity (Wildman–Crippen MR) is 70.2 cm³/mol. The summed E-state index contributed by atoms with van der Waals surface area (Å²) in [5.41, 5.74) is 1.31. The number of sulfonamides is 1. The molecule has 1 aliphatic rings. The molecule has 0 saturated heterocycles. The lowest BCUT2D eigenvalue weighted by atomic mass is 10.1. The minimum atomic E-state index is -3.70. The number of aromatic amines is 1. The van der Waals surface area contributed by atoms with Crippen LogP contribution in [0.1, 0.15) is 15.9 Å². The van der Waals surface area contributed by atoms with E-state index in [0.717, 1.165) is 5.56 Å². The molecule has 20 heavy (non-hydrogen) atoms. The van der Waals surface area contributed by atoms with Crippen LogP contribution in [0.2, 0.25) is 0 Å². The number of hydrogen-bond acceptors (Lipinski definition) is 4. The molecule has 0 amide bonds. The van der Waals surface area contributed by atoms with Crippen LogP contribution in [0.25, 0.3) is 0 Å². The average molecular weight is 293 g/mol. The summed E-state index contributed by atoms with van der Waals surface area (Å²) in [5.74, 6) is -1.08. The molecule has 2 heterocycles. The molecule has 1 aromatic carbocycles. The van der Waals surface area contributed by atoms with Gasteiger partial charge < -0.3 is 5.11 Å². The van der Waals surface area contributed by atoms with Crippen LogP contribution in [-0.2, 0) is 16.4 Å². The Bertz CT molecular complexity index is 768. The number of benzene rings is 1. The van der Waals surface area contributed by atoms with Crippen LogP contribution < -0.4 is 4.31 Å². The summed E-state index contributed by atoms with van der Waals surface area (Å²) in [6, 6.07) is 4.53. The van der Waals surface area contributed by atoms with Crippen molar-refractivity contribution in [3.05, 3.63) is 41.7 Å². The lowest BCUT2D eigenvalue weighted by Gasteiger charge is -2.18. The van der Waals surface area contributed by atoms with E-state index in [4.69, 9.17) is 5.11 Å². The monoisotopic (exact) mass is 293 g/mol. The predicted octanol–water partition coefficient (Wildman–Crippen LogP) is 0.859. The number of rotatable bonds is 3. The van der Waals surface area contributed by atoms with Crippen molar-refractivity contribution in [2.45, 2.75) is 11.3 Å². The molecule has 3 rings (SSSR count). The molecule has 2 aromatic rings. The molecular formula is C12H11N3O4S. The highest BCUT2D eigenvalue weighted by Gasteiger charge is 2.32. The summed E-state index contributed by atoms with van der Waals surface area (Å²) in [6.07, 6.45) is 3.09. The van der Waals surface area contributed by atoms with Gasteiger partial charge in [-0.25, -0.2) is 13.2 Å². The standard InChI is InChI=1S/C12H11N3O4S/c16-12(17)9-2-1-8-3-4-15(11(8)5-9)20(18,19)10-6-13-14-7-10/h1-2,5-7H,3-4H2,(H,13,14)(H,16,17). The average Bonchev–Trinajstić information content (AvgIpc) is 3.07. The van der Waals surface area contributed by atoms with Gasteiger partial charge in [0.1, 0.15) is 4.90 Å². The minimum absolute atomic E-state index is 0.0612. The van der Waals surface area contributed by atoms with E-state index in [0.29, 0.717) is 18.7 Å². The van der Waals surface area contributed by atoms with Crippen molar-refractivity contribution in [1.29, 1.82) is 0 Å². The third-order valence-electron chi connectivity index (χ3n) is 3.25. The fraction of sp³-hybridized carbons (Fsp3) is 0.167. The molecule has 1 aliphatic heterocycles. The summed E-state index contributed by atoms with van der Waals surface area (Å²) in [5, 5.41) is 15.1. The second kappa shape index (κ2) is 4.34. The van der Waals surface area contributed by atoms with Gasteiger partial charge in [-0.1, -0.05) is 6.07 Å². The Morgan fingerprint density at radius 1 is 1.40 bits per heavy atom. The van der Waals surface area contributed by atoms with Crippen LogP contribution in [0.4, 0.5) is 5.69 Å². The molecule has 2 N–H and O–H groups in total. The van der Waals surface area contributed by atoms with Crippen molar-refractivity contribution >= 4 is 21.7 Å². The van der Waals surface area contributed by atoms with Gasteiger partial charge in [0, 0.05) is 12.7 Å². The van der Waals surface area contributed by atoms with Gasteiger partial charge in [0.2, 0.25) is 0 Å². The maximum atomic E-state index is 12.5. The molecule has 0 atom stereocenters. The summed E-state index contributed by atoms with van der Waals surface area (Å²) in [6.45, 7) is 0.298. The maximum Gasteiger partial charge on any atom is 0.335 e. The number of aromatic carboxylic acids is 1. The van der Waals surface area contributed by atoms with Crippen molar-refractivity contribution in [2.24, 2.45) is 0 Å². The quantitative estimate of drug-likeness (QED) is 0.873. The number of H-pyrrole nitrogens is 1.